The van der Waals surface area contributed by atoms with Crippen LogP contribution in [0.5, 0.6) is 0 Å². The Morgan fingerprint density at radius 1 is 0.468 bits per heavy atom. The molecular formula is C68H121N2O6P. The van der Waals surface area contributed by atoms with E-state index in [1.807, 2.05) is 27.2 Å². The number of unbranched alkanes of at least 4 members (excludes halogenated alkanes) is 28. The number of aliphatic hydroxyl groups excluding tert-OH is 1. The largest absolute Gasteiger partial charge is 0.756 e. The highest BCUT2D eigenvalue weighted by Crippen LogP contribution is 2.38. The summed E-state index contributed by atoms with van der Waals surface area (Å²) in [7, 11) is 1.23. The van der Waals surface area contributed by atoms with Crippen LogP contribution in [0.25, 0.3) is 0 Å². The highest BCUT2D eigenvalue weighted by atomic mass is 31.2. The van der Waals surface area contributed by atoms with Crippen molar-refractivity contribution in [3.05, 3.63) is 109 Å². The second-order valence-corrected chi connectivity index (χ2v) is 23.8. The molecule has 0 aromatic rings. The number of likely N-dealkylation sites (N-methyl/N-ethyl adjacent to an activating group) is 1. The molecule has 0 heterocycles. The van der Waals surface area contributed by atoms with E-state index in [2.05, 4.69) is 116 Å². The summed E-state index contributed by atoms with van der Waals surface area (Å²) in [6, 6.07) is -0.917. The first-order chi connectivity index (χ1) is 37.5. The van der Waals surface area contributed by atoms with E-state index < -0.39 is 26.6 Å². The Kier molecular flexibility index (Phi) is 55.7. The van der Waals surface area contributed by atoms with Crippen molar-refractivity contribution in [2.45, 2.75) is 276 Å². The van der Waals surface area contributed by atoms with Crippen molar-refractivity contribution >= 4 is 13.7 Å². The normalized spacial score (nSPS) is 14.5. The Morgan fingerprint density at radius 3 is 1.21 bits per heavy atom. The van der Waals surface area contributed by atoms with Crippen LogP contribution in [0.15, 0.2) is 109 Å². The minimum absolute atomic E-state index is 0.0131. The van der Waals surface area contributed by atoms with E-state index in [9.17, 15) is 19.4 Å². The molecule has 0 aliphatic rings. The van der Waals surface area contributed by atoms with Crippen LogP contribution in [0, 0.1) is 0 Å². The van der Waals surface area contributed by atoms with Gasteiger partial charge in [-0.25, -0.2) is 0 Å². The third kappa shape index (κ3) is 60.6. The Hall–Kier alpha value is -2.84. The standard InChI is InChI=1S/C68H121N2O6P/c1-6-8-10-12-14-16-18-20-22-24-26-28-30-31-32-33-34-35-36-37-38-39-40-42-44-46-48-50-52-54-56-58-60-62-68(72)69-66(65-76-77(73,74)75-64-63-70(3,4)5)67(71)61-59-57-55-53-51-49-47-45-43-41-29-27-25-23-21-19-17-15-13-11-9-7-2/h8,10,14,16,20,22,26,28,31-32,34-35,43,45,51,53,59,61,66-67,71H,6-7,9,11-13,15,17-19,21,23-25,27,29-30,33,36-42,44,46-50,52,54-58,60,62-65H2,1-5H3,(H-,69,72,73,74)/b10-8-,16-14-,22-20-,28-26-,32-31-,35-34-,45-43+,53-51+,61-59+. The third-order valence-electron chi connectivity index (χ3n) is 13.7. The van der Waals surface area contributed by atoms with E-state index in [-0.39, 0.29) is 12.5 Å². The summed E-state index contributed by atoms with van der Waals surface area (Å²) in [5, 5.41) is 13.9. The van der Waals surface area contributed by atoms with E-state index in [0.29, 0.717) is 17.4 Å². The lowest BCUT2D eigenvalue weighted by molar-refractivity contribution is -0.870. The quantitative estimate of drug-likeness (QED) is 0.0272. The van der Waals surface area contributed by atoms with Gasteiger partial charge in [0.2, 0.25) is 5.91 Å². The van der Waals surface area contributed by atoms with Gasteiger partial charge in [0.15, 0.2) is 0 Å². The molecular weight excluding hydrogens is 972 g/mol. The number of quaternary nitrogens is 1. The molecule has 0 radical (unpaired) electrons. The number of amides is 1. The fourth-order valence-corrected chi connectivity index (χ4v) is 9.50. The van der Waals surface area contributed by atoms with Gasteiger partial charge in [-0.1, -0.05) is 271 Å². The average molecular weight is 1090 g/mol. The average Bonchev–Trinajstić information content (AvgIpc) is 3.39. The van der Waals surface area contributed by atoms with Crippen LogP contribution < -0.4 is 10.2 Å². The lowest BCUT2D eigenvalue weighted by Gasteiger charge is -2.29. The van der Waals surface area contributed by atoms with Gasteiger partial charge in [0.05, 0.1) is 39.9 Å². The molecule has 77 heavy (non-hydrogen) atoms. The van der Waals surface area contributed by atoms with Crippen molar-refractivity contribution < 1.29 is 32.9 Å². The van der Waals surface area contributed by atoms with Crippen LogP contribution >= 0.6 is 7.82 Å². The molecule has 3 atom stereocenters. The summed E-state index contributed by atoms with van der Waals surface area (Å²) in [6.45, 7) is 4.52. The van der Waals surface area contributed by atoms with Gasteiger partial charge in [-0.2, -0.15) is 0 Å². The van der Waals surface area contributed by atoms with Crippen molar-refractivity contribution in [2.75, 3.05) is 40.9 Å². The molecule has 0 aliphatic carbocycles. The molecule has 444 valence electrons. The second-order valence-electron chi connectivity index (χ2n) is 22.4. The zero-order chi connectivity index (χ0) is 56.3. The van der Waals surface area contributed by atoms with E-state index in [1.165, 1.54) is 161 Å². The molecule has 0 spiro atoms. The van der Waals surface area contributed by atoms with Crippen LogP contribution in [0.1, 0.15) is 264 Å². The monoisotopic (exact) mass is 1090 g/mol. The van der Waals surface area contributed by atoms with Gasteiger partial charge in [-0.05, 0) is 96.3 Å². The zero-order valence-corrected chi connectivity index (χ0v) is 51.5. The Labute approximate surface area is 476 Å². The number of nitrogens with one attached hydrogen (secondary N) is 1. The number of aliphatic hydroxyl groups is 1. The van der Waals surface area contributed by atoms with Crippen molar-refractivity contribution in [2.24, 2.45) is 0 Å². The van der Waals surface area contributed by atoms with Crippen LogP contribution in [-0.2, 0) is 18.4 Å². The van der Waals surface area contributed by atoms with E-state index in [4.69, 9.17) is 9.05 Å². The highest BCUT2D eigenvalue weighted by Gasteiger charge is 2.23. The number of allylic oxidation sites excluding steroid dienone is 17. The fourth-order valence-electron chi connectivity index (χ4n) is 8.78. The maximum absolute atomic E-state index is 13.0. The smallest absolute Gasteiger partial charge is 0.268 e. The minimum Gasteiger partial charge on any atom is -0.756 e. The van der Waals surface area contributed by atoms with Crippen molar-refractivity contribution in [1.82, 2.24) is 5.32 Å². The molecule has 0 saturated carbocycles. The van der Waals surface area contributed by atoms with Gasteiger partial charge in [-0.3, -0.25) is 9.36 Å². The van der Waals surface area contributed by atoms with Crippen molar-refractivity contribution in [3.8, 4) is 0 Å². The molecule has 0 saturated heterocycles. The molecule has 1 amide bonds. The molecule has 0 aromatic carbocycles. The van der Waals surface area contributed by atoms with E-state index in [1.54, 1.807) is 6.08 Å². The van der Waals surface area contributed by atoms with Gasteiger partial charge < -0.3 is 28.8 Å². The SMILES string of the molecule is CC/C=C\C/C=C\C/C=C\C/C=C\C/C=C\C/C=C\CCCCCCCCCCCCCCCCC(=O)NC(COP(=O)([O-])OCC[N+](C)(C)C)C(O)/C=C/CC/C=C/CC/C=C/CCCCCCCCCCCCCC. The fraction of sp³-hybridized carbons (Fsp3) is 0.721. The van der Waals surface area contributed by atoms with E-state index >= 15 is 0 Å². The first-order valence-electron chi connectivity index (χ1n) is 31.7. The third-order valence-corrected chi connectivity index (χ3v) is 14.7. The van der Waals surface area contributed by atoms with Gasteiger partial charge in [-0.15, -0.1) is 0 Å². The topological polar surface area (TPSA) is 108 Å². The van der Waals surface area contributed by atoms with Gasteiger partial charge in [0.1, 0.15) is 13.2 Å². The number of hydrogen-bond donors (Lipinski definition) is 2. The summed E-state index contributed by atoms with van der Waals surface area (Å²) in [5.41, 5.74) is 0. The van der Waals surface area contributed by atoms with Crippen LogP contribution in [0.4, 0.5) is 0 Å². The summed E-state index contributed by atoms with van der Waals surface area (Å²) >= 11 is 0. The molecule has 0 fully saturated rings. The van der Waals surface area contributed by atoms with Crippen LogP contribution in [-0.4, -0.2) is 68.5 Å². The predicted octanol–water partition coefficient (Wildman–Crippen LogP) is 19.3. The first-order valence-corrected chi connectivity index (χ1v) is 33.2. The summed E-state index contributed by atoms with van der Waals surface area (Å²) in [6.07, 6.45) is 84.7. The maximum atomic E-state index is 13.0. The highest BCUT2D eigenvalue weighted by molar-refractivity contribution is 7.45. The molecule has 0 aromatic heterocycles. The summed E-state index contributed by atoms with van der Waals surface area (Å²) in [4.78, 5) is 25.6. The number of nitrogens with zero attached hydrogens (tertiary/aromatic N) is 1. The molecule has 3 unspecified atom stereocenters. The number of phosphoric ester groups is 1. The lowest BCUT2D eigenvalue weighted by Crippen LogP contribution is -2.45. The molecule has 0 rings (SSSR count). The van der Waals surface area contributed by atoms with Gasteiger partial charge in [0, 0.05) is 6.42 Å². The number of carbonyl (C=O) groups is 1. The molecule has 0 bridgehead atoms. The first kappa shape index (κ1) is 74.2. The van der Waals surface area contributed by atoms with Gasteiger partial charge >= 0.3 is 0 Å². The summed E-state index contributed by atoms with van der Waals surface area (Å²) in [5.74, 6) is -0.214. The Bertz CT molecular complexity index is 1620. The van der Waals surface area contributed by atoms with Crippen molar-refractivity contribution in [3.63, 3.8) is 0 Å². The summed E-state index contributed by atoms with van der Waals surface area (Å²) < 4.78 is 23.4. The number of carbonyl (C=O) groups excluding carboxylic acids is 1. The van der Waals surface area contributed by atoms with Crippen LogP contribution in [0.2, 0.25) is 0 Å². The minimum atomic E-state index is -4.62. The Balaban J connectivity index is 4.19. The van der Waals surface area contributed by atoms with E-state index in [0.717, 1.165) is 83.5 Å². The molecule has 8 nitrogen and oxygen atoms in total. The Morgan fingerprint density at radius 2 is 0.805 bits per heavy atom. The molecule has 0 aliphatic heterocycles. The maximum Gasteiger partial charge on any atom is 0.268 e. The number of hydrogen-bond acceptors (Lipinski definition) is 6. The van der Waals surface area contributed by atoms with Gasteiger partial charge in [0.25, 0.3) is 7.82 Å². The molecule has 2 N–H and O–H groups in total. The zero-order valence-electron chi connectivity index (χ0n) is 50.6. The molecule has 9 heteroatoms. The number of phosphoric acid groups is 1. The van der Waals surface area contributed by atoms with Crippen LogP contribution in [0.3, 0.4) is 0 Å². The second kappa shape index (κ2) is 57.8. The predicted molar refractivity (Wildman–Crippen MR) is 334 cm³/mol. The lowest BCUT2D eigenvalue weighted by atomic mass is 10.0. The number of rotatable bonds is 57. The van der Waals surface area contributed by atoms with Crippen molar-refractivity contribution in [1.29, 1.82) is 0 Å².